The zero-order valence-corrected chi connectivity index (χ0v) is 4.87. The lowest BCUT2D eigenvalue weighted by molar-refractivity contribution is 0.0500. The van der Waals surface area contributed by atoms with E-state index in [1.165, 1.54) is 0 Å². The zero-order chi connectivity index (χ0) is 6.85. The van der Waals surface area contributed by atoms with E-state index in [4.69, 9.17) is 10.2 Å². The van der Waals surface area contributed by atoms with Crippen LogP contribution in [0.5, 0.6) is 0 Å². The van der Waals surface area contributed by atoms with Gasteiger partial charge in [-0.05, 0) is 12.8 Å². The van der Waals surface area contributed by atoms with Crippen LogP contribution in [-0.4, -0.2) is 28.5 Å². The molecule has 0 aliphatic heterocycles. The van der Waals surface area contributed by atoms with Crippen LogP contribution >= 0.6 is 0 Å². The zero-order valence-electron chi connectivity index (χ0n) is 4.87. The number of hydrogen-bond donors (Lipinski definition) is 3. The highest BCUT2D eigenvalue weighted by Gasteiger charge is 2.29. The van der Waals surface area contributed by atoms with Crippen molar-refractivity contribution in [1.82, 2.24) is 5.32 Å². The number of hydrogen-bond acceptors (Lipinski definition) is 2. The molecule has 1 rings (SSSR count). The van der Waals surface area contributed by atoms with E-state index in [2.05, 4.69) is 5.32 Å². The lowest BCUT2D eigenvalue weighted by Crippen LogP contribution is -2.49. The van der Waals surface area contributed by atoms with Crippen LogP contribution in [0.15, 0.2) is 0 Å². The van der Waals surface area contributed by atoms with Gasteiger partial charge < -0.3 is 15.5 Å². The van der Waals surface area contributed by atoms with E-state index in [1.807, 2.05) is 0 Å². The van der Waals surface area contributed by atoms with E-state index in [1.54, 1.807) is 0 Å². The van der Waals surface area contributed by atoms with Gasteiger partial charge in [0.1, 0.15) is 0 Å². The quantitative estimate of drug-likeness (QED) is 0.460. The van der Waals surface area contributed by atoms with Crippen molar-refractivity contribution >= 4 is 6.09 Å². The molecule has 4 nitrogen and oxygen atoms in total. The molecule has 0 saturated heterocycles. The number of aliphatic hydroxyl groups is 1. The maximum atomic E-state index is 9.93. The minimum atomic E-state index is -1.06. The smallest absolute Gasteiger partial charge is 0.404 e. The Kier molecular flexibility index (Phi) is 1.57. The van der Waals surface area contributed by atoms with Crippen LogP contribution in [0.2, 0.25) is 0 Å². The first-order valence-electron chi connectivity index (χ1n) is 2.87. The summed E-state index contributed by atoms with van der Waals surface area (Å²) in [6.45, 7) is 0. The summed E-state index contributed by atoms with van der Waals surface area (Å²) in [6, 6.07) is -0.220. The van der Waals surface area contributed by atoms with Crippen molar-refractivity contribution in [2.45, 2.75) is 25.0 Å². The predicted octanol–water partition coefficient (Wildman–Crippen LogP) is -0.223. The van der Waals surface area contributed by atoms with Crippen molar-refractivity contribution in [2.75, 3.05) is 0 Å². The third kappa shape index (κ3) is 1.32. The van der Waals surface area contributed by atoms with Gasteiger partial charge in [0.05, 0.1) is 12.1 Å². The van der Waals surface area contributed by atoms with Gasteiger partial charge in [0.2, 0.25) is 0 Å². The second kappa shape index (κ2) is 2.23. The molecule has 0 aromatic carbocycles. The summed E-state index contributed by atoms with van der Waals surface area (Å²) in [6.07, 6.45) is -0.0434. The van der Waals surface area contributed by atoms with Gasteiger partial charge in [0.15, 0.2) is 0 Å². The van der Waals surface area contributed by atoms with Crippen molar-refractivity contribution in [3.05, 3.63) is 0 Å². The Bertz CT molecular complexity index is 125. The van der Waals surface area contributed by atoms with Gasteiger partial charge in [-0.1, -0.05) is 0 Å². The lowest BCUT2D eigenvalue weighted by atomic mass is 9.89. The Balaban J connectivity index is 2.21. The van der Waals surface area contributed by atoms with E-state index in [9.17, 15) is 4.79 Å². The highest BCUT2D eigenvalue weighted by Crippen LogP contribution is 2.18. The molecule has 3 N–H and O–H groups in total. The van der Waals surface area contributed by atoms with Gasteiger partial charge >= 0.3 is 6.09 Å². The molecule has 9 heavy (non-hydrogen) atoms. The summed E-state index contributed by atoms with van der Waals surface area (Å²) in [5.41, 5.74) is 0. The SMILES string of the molecule is O=C(O)N[C@@H]1CC[C@H]1O. The van der Waals surface area contributed by atoms with Gasteiger partial charge in [-0.15, -0.1) is 0 Å². The third-order valence-electron chi connectivity index (χ3n) is 1.55. The Morgan fingerprint density at radius 2 is 2.22 bits per heavy atom. The number of amides is 1. The summed E-state index contributed by atoms with van der Waals surface area (Å²) in [5, 5.41) is 19.2. The van der Waals surface area contributed by atoms with E-state index < -0.39 is 12.2 Å². The molecule has 0 heterocycles. The molecular weight excluding hydrogens is 122 g/mol. The van der Waals surface area contributed by atoms with Crippen molar-refractivity contribution in [3.63, 3.8) is 0 Å². The minimum absolute atomic E-state index is 0.220. The molecule has 0 radical (unpaired) electrons. The molecule has 1 fully saturated rings. The highest BCUT2D eigenvalue weighted by atomic mass is 16.4. The lowest BCUT2D eigenvalue weighted by Gasteiger charge is -2.31. The number of rotatable bonds is 1. The maximum Gasteiger partial charge on any atom is 0.404 e. The maximum absolute atomic E-state index is 9.93. The topological polar surface area (TPSA) is 69.6 Å². The van der Waals surface area contributed by atoms with Crippen LogP contribution in [-0.2, 0) is 0 Å². The summed E-state index contributed by atoms with van der Waals surface area (Å²) < 4.78 is 0. The predicted molar refractivity (Wildman–Crippen MR) is 30.2 cm³/mol. The van der Waals surface area contributed by atoms with Crippen molar-refractivity contribution in [3.8, 4) is 0 Å². The highest BCUT2D eigenvalue weighted by molar-refractivity contribution is 5.65. The third-order valence-corrected chi connectivity index (χ3v) is 1.55. The Morgan fingerprint density at radius 1 is 1.56 bits per heavy atom. The van der Waals surface area contributed by atoms with Crippen LogP contribution < -0.4 is 5.32 Å². The fourth-order valence-corrected chi connectivity index (χ4v) is 0.809. The van der Waals surface area contributed by atoms with E-state index >= 15 is 0 Å². The average molecular weight is 131 g/mol. The molecule has 1 aliphatic rings. The molecule has 0 unspecified atom stereocenters. The number of aliphatic hydroxyl groups excluding tert-OH is 1. The normalized spacial score (nSPS) is 33.0. The molecule has 1 amide bonds. The fourth-order valence-electron chi connectivity index (χ4n) is 0.809. The Hall–Kier alpha value is -0.770. The van der Waals surface area contributed by atoms with E-state index in [0.717, 1.165) is 6.42 Å². The summed E-state index contributed by atoms with van der Waals surface area (Å²) >= 11 is 0. The first-order valence-corrected chi connectivity index (χ1v) is 2.87. The van der Waals surface area contributed by atoms with Gasteiger partial charge in [-0.2, -0.15) is 0 Å². The molecule has 0 spiro atoms. The van der Waals surface area contributed by atoms with Gasteiger partial charge in [-0.25, -0.2) is 4.79 Å². The minimum Gasteiger partial charge on any atom is -0.465 e. The monoisotopic (exact) mass is 131 g/mol. The van der Waals surface area contributed by atoms with E-state index in [0.29, 0.717) is 6.42 Å². The Morgan fingerprint density at radius 3 is 2.33 bits per heavy atom. The number of carbonyl (C=O) groups is 1. The molecule has 0 aromatic heterocycles. The van der Waals surface area contributed by atoms with Gasteiger partial charge in [0.25, 0.3) is 0 Å². The molecule has 4 heteroatoms. The van der Waals surface area contributed by atoms with Crippen LogP contribution in [0.4, 0.5) is 4.79 Å². The molecule has 52 valence electrons. The van der Waals surface area contributed by atoms with Gasteiger partial charge in [0, 0.05) is 0 Å². The molecule has 1 aliphatic carbocycles. The van der Waals surface area contributed by atoms with Crippen LogP contribution in [0.25, 0.3) is 0 Å². The van der Waals surface area contributed by atoms with Crippen LogP contribution in [0.3, 0.4) is 0 Å². The fraction of sp³-hybridized carbons (Fsp3) is 0.800. The molecular formula is C5H9NO3. The second-order valence-corrected chi connectivity index (χ2v) is 2.20. The summed E-state index contributed by atoms with van der Waals surface area (Å²) in [7, 11) is 0. The van der Waals surface area contributed by atoms with Crippen molar-refractivity contribution in [1.29, 1.82) is 0 Å². The molecule has 2 atom stereocenters. The average Bonchev–Trinajstić information content (AvgIpc) is 1.79. The molecule has 0 bridgehead atoms. The van der Waals surface area contributed by atoms with Gasteiger partial charge in [-0.3, -0.25) is 0 Å². The molecule has 0 aromatic rings. The number of carboxylic acid groups (broad SMARTS) is 1. The first kappa shape index (κ1) is 6.35. The second-order valence-electron chi connectivity index (χ2n) is 2.20. The van der Waals surface area contributed by atoms with Crippen molar-refractivity contribution < 1.29 is 15.0 Å². The summed E-state index contributed by atoms with van der Waals surface area (Å²) in [5.74, 6) is 0. The van der Waals surface area contributed by atoms with Crippen LogP contribution in [0.1, 0.15) is 12.8 Å². The van der Waals surface area contributed by atoms with E-state index in [-0.39, 0.29) is 6.04 Å². The van der Waals surface area contributed by atoms with Crippen LogP contribution in [0, 0.1) is 0 Å². The van der Waals surface area contributed by atoms with Crippen molar-refractivity contribution in [2.24, 2.45) is 0 Å². The largest absolute Gasteiger partial charge is 0.465 e. The molecule has 1 saturated carbocycles. The summed E-state index contributed by atoms with van der Waals surface area (Å²) in [4.78, 5) is 9.93. The number of nitrogens with one attached hydrogen (secondary N) is 1. The first-order chi connectivity index (χ1) is 4.20. The Labute approximate surface area is 52.5 Å². The standard InChI is InChI=1S/C5H9NO3/c7-4-2-1-3(4)6-5(8)9/h3-4,6-7H,1-2H2,(H,8,9)/t3-,4-/m1/s1.